The van der Waals surface area contributed by atoms with E-state index in [1.165, 1.54) is 50.4 Å². The molecule has 2 aromatic carbocycles. The first-order chi connectivity index (χ1) is 21.2. The first-order valence-electron chi connectivity index (χ1n) is 14.9. The highest BCUT2D eigenvalue weighted by Crippen LogP contribution is 2.38. The van der Waals surface area contributed by atoms with E-state index in [0.717, 1.165) is 23.1 Å². The van der Waals surface area contributed by atoms with Gasteiger partial charge in [0.25, 0.3) is 0 Å². The molecule has 7 heteroatoms. The Morgan fingerprint density at radius 1 is 0.932 bits per heavy atom. The zero-order valence-corrected chi connectivity index (χ0v) is 26.8. The van der Waals surface area contributed by atoms with Gasteiger partial charge in [-0.05, 0) is 100 Å². The van der Waals surface area contributed by atoms with E-state index in [2.05, 4.69) is 152 Å². The minimum atomic E-state index is 0.439. The molecule has 4 rings (SSSR count). The summed E-state index contributed by atoms with van der Waals surface area (Å²) in [4.78, 5) is 12.9. The van der Waals surface area contributed by atoms with Crippen LogP contribution in [-0.2, 0) is 4.79 Å². The lowest BCUT2D eigenvalue weighted by Gasteiger charge is -2.23. The minimum Gasteiger partial charge on any atom is -0.378 e. The number of carbonyl (C=O) groups excluding carboxylic acids is 1. The van der Waals surface area contributed by atoms with Crippen molar-refractivity contribution in [2.45, 2.75) is 13.3 Å². The highest BCUT2D eigenvalue weighted by Gasteiger charge is 2.20. The van der Waals surface area contributed by atoms with E-state index in [9.17, 15) is 4.79 Å². The highest BCUT2D eigenvalue weighted by molar-refractivity contribution is 6.04. The Labute approximate surface area is 262 Å². The molecule has 4 N–H and O–H groups in total. The zero-order valence-electron chi connectivity index (χ0n) is 26.8. The number of aryl methyl sites for hydroxylation is 1. The van der Waals surface area contributed by atoms with Crippen LogP contribution in [0.2, 0.25) is 0 Å². The molecule has 0 heterocycles. The van der Waals surface area contributed by atoms with Gasteiger partial charge in [0.15, 0.2) is 5.71 Å². The Morgan fingerprint density at radius 2 is 1.66 bits per heavy atom. The Hall–Kier alpha value is -4.56. The number of hydrazine groups is 2. The van der Waals surface area contributed by atoms with E-state index in [-0.39, 0.29) is 0 Å². The number of nitrogens with zero attached hydrogens (tertiary/aromatic N) is 2. The summed E-state index contributed by atoms with van der Waals surface area (Å²) in [5, 5.41) is 0. The number of benzene rings is 2. The molecule has 2 aromatic rings. The standard InChI is InChI=1S/C37H44N6O/c1-26-22-32(43(6)7)20-21-34(26)37(30-16-18-31(19-17-30)42(4)5)29-14-12-28(13-15-29)36(24-39-38-3)35-11-9-8-10-33(35)27(2)23-40-41-25-44/h8-12,14-22,25,38-40H,2,13,23-24H2,1,3-7H3/p+1/b36-28-. The van der Waals surface area contributed by atoms with Crippen molar-refractivity contribution in [1.29, 1.82) is 0 Å². The topological polar surface area (TPSA) is 71.4 Å². The van der Waals surface area contributed by atoms with Gasteiger partial charge >= 0.3 is 0 Å². The van der Waals surface area contributed by atoms with Gasteiger partial charge in [0.1, 0.15) is 14.1 Å². The van der Waals surface area contributed by atoms with Crippen molar-refractivity contribution < 1.29 is 9.37 Å². The first-order valence-corrected chi connectivity index (χ1v) is 14.9. The van der Waals surface area contributed by atoms with Crippen LogP contribution in [-0.4, -0.2) is 65.0 Å². The van der Waals surface area contributed by atoms with Crippen molar-refractivity contribution in [1.82, 2.24) is 21.7 Å². The molecule has 2 aliphatic carbocycles. The largest absolute Gasteiger partial charge is 0.378 e. The summed E-state index contributed by atoms with van der Waals surface area (Å²) in [6.07, 6.45) is 17.1. The van der Waals surface area contributed by atoms with Crippen molar-refractivity contribution in [3.63, 3.8) is 0 Å². The van der Waals surface area contributed by atoms with Gasteiger partial charge in [0, 0.05) is 45.0 Å². The smallest absolute Gasteiger partial charge is 0.221 e. The summed E-state index contributed by atoms with van der Waals surface area (Å²) in [7, 11) is 10.2. The average Bonchev–Trinajstić information content (AvgIpc) is 3.03. The molecule has 7 nitrogen and oxygen atoms in total. The third-order valence-corrected chi connectivity index (χ3v) is 7.89. The van der Waals surface area contributed by atoms with Crippen LogP contribution in [0.1, 0.15) is 28.7 Å². The van der Waals surface area contributed by atoms with E-state index in [4.69, 9.17) is 0 Å². The van der Waals surface area contributed by atoms with Gasteiger partial charge in [-0.15, -0.1) is 0 Å². The monoisotopic (exact) mass is 589 g/mol. The van der Waals surface area contributed by atoms with Gasteiger partial charge in [-0.1, -0.05) is 55.1 Å². The van der Waals surface area contributed by atoms with E-state index in [1.54, 1.807) is 0 Å². The molecular weight excluding hydrogens is 544 g/mol. The summed E-state index contributed by atoms with van der Waals surface area (Å²) >= 11 is 0. The van der Waals surface area contributed by atoms with Crippen LogP contribution in [0.3, 0.4) is 0 Å². The van der Waals surface area contributed by atoms with E-state index in [0.29, 0.717) is 19.5 Å². The lowest BCUT2D eigenvalue weighted by atomic mass is 9.83. The second-order valence-electron chi connectivity index (χ2n) is 11.3. The Balaban J connectivity index is 1.78. The Bertz CT molecular complexity index is 1610. The van der Waals surface area contributed by atoms with Crippen molar-refractivity contribution in [3.8, 4) is 0 Å². The molecule has 0 aliphatic heterocycles. The van der Waals surface area contributed by atoms with Crippen molar-refractivity contribution >= 4 is 34.5 Å². The maximum atomic E-state index is 10.7. The average molecular weight is 590 g/mol. The van der Waals surface area contributed by atoms with Crippen LogP contribution in [0, 0.1) is 6.92 Å². The van der Waals surface area contributed by atoms with Crippen molar-refractivity contribution in [2.75, 3.05) is 53.2 Å². The summed E-state index contributed by atoms with van der Waals surface area (Å²) in [6, 6.07) is 15.0. The van der Waals surface area contributed by atoms with Gasteiger partial charge in [0.05, 0.1) is 0 Å². The number of anilines is 1. The predicted octanol–water partition coefficient (Wildman–Crippen LogP) is 4.98. The number of hydrogen-bond donors (Lipinski definition) is 4. The number of nitrogens with one attached hydrogen (secondary N) is 4. The quantitative estimate of drug-likeness (QED) is 0.122. The van der Waals surface area contributed by atoms with Crippen LogP contribution in [0.4, 0.5) is 5.69 Å². The van der Waals surface area contributed by atoms with Crippen LogP contribution in [0.15, 0.2) is 108 Å². The van der Waals surface area contributed by atoms with Crippen molar-refractivity contribution in [2.24, 2.45) is 0 Å². The molecule has 0 radical (unpaired) electrons. The molecule has 0 bridgehead atoms. The van der Waals surface area contributed by atoms with Gasteiger partial charge in [-0.3, -0.25) is 21.1 Å². The summed E-state index contributed by atoms with van der Waals surface area (Å²) in [5.41, 5.74) is 25.7. The second-order valence-corrected chi connectivity index (χ2v) is 11.3. The minimum absolute atomic E-state index is 0.439. The van der Waals surface area contributed by atoms with E-state index in [1.807, 2.05) is 13.1 Å². The summed E-state index contributed by atoms with van der Waals surface area (Å²) in [5.74, 6) is 0. The van der Waals surface area contributed by atoms with Gasteiger partial charge in [0.2, 0.25) is 6.41 Å². The maximum Gasteiger partial charge on any atom is 0.221 e. The van der Waals surface area contributed by atoms with Crippen molar-refractivity contribution in [3.05, 3.63) is 131 Å². The number of amides is 1. The highest BCUT2D eigenvalue weighted by atomic mass is 16.1. The molecule has 0 fully saturated rings. The molecule has 44 heavy (non-hydrogen) atoms. The maximum absolute atomic E-state index is 10.7. The van der Waals surface area contributed by atoms with Gasteiger partial charge in [-0.2, -0.15) is 0 Å². The fourth-order valence-corrected chi connectivity index (χ4v) is 5.47. The summed E-state index contributed by atoms with van der Waals surface area (Å²) in [6.45, 7) is 7.56. The molecule has 228 valence electrons. The Morgan fingerprint density at radius 3 is 2.25 bits per heavy atom. The lowest BCUT2D eigenvalue weighted by molar-refractivity contribution is -0.462. The second kappa shape index (κ2) is 15.3. The molecule has 0 saturated heterocycles. The third-order valence-electron chi connectivity index (χ3n) is 7.89. The molecule has 0 spiro atoms. The molecule has 2 aliphatic rings. The predicted molar refractivity (Wildman–Crippen MR) is 186 cm³/mol. The van der Waals surface area contributed by atoms with Crippen LogP contribution < -0.4 is 26.6 Å². The molecule has 0 saturated carbocycles. The van der Waals surface area contributed by atoms with Crippen LogP contribution >= 0.6 is 0 Å². The first kappa shape index (κ1) is 32.4. The zero-order chi connectivity index (χ0) is 31.6. The third kappa shape index (κ3) is 7.68. The molecule has 0 unspecified atom stereocenters. The van der Waals surface area contributed by atoms with Gasteiger partial charge in [-0.25, -0.2) is 10.0 Å². The number of hydrogen-bond acceptors (Lipinski definition) is 5. The molecule has 0 aromatic heterocycles. The summed E-state index contributed by atoms with van der Waals surface area (Å²) < 4.78 is 2.12. The fraction of sp³-hybridized carbons (Fsp3) is 0.243. The number of allylic oxidation sites excluding steroid dienone is 11. The van der Waals surface area contributed by atoms with Crippen LogP contribution in [0.5, 0.6) is 0 Å². The van der Waals surface area contributed by atoms with E-state index < -0.39 is 0 Å². The molecule has 1 amide bonds. The molecular formula is C37H45N6O+. The Kier molecular flexibility index (Phi) is 11.2. The SMILES string of the molecule is C=C(CNNC=O)c1ccccc1/C(CNNC)=C1/C=CC(C(=C2C=CC(=[N+](C)C)C=C2)c2ccc(N(C)C)cc2C)=CC1. The fourth-order valence-electron chi connectivity index (χ4n) is 5.47. The lowest BCUT2D eigenvalue weighted by Crippen LogP contribution is -2.32. The number of rotatable bonds is 12. The normalized spacial score (nSPS) is 15.2. The number of carbonyl (C=O) groups is 1. The van der Waals surface area contributed by atoms with Crippen LogP contribution in [0.25, 0.3) is 16.7 Å². The molecule has 0 atom stereocenters. The van der Waals surface area contributed by atoms with Gasteiger partial charge < -0.3 is 4.90 Å². The van der Waals surface area contributed by atoms with E-state index >= 15 is 0 Å².